The van der Waals surface area contributed by atoms with Crippen LogP contribution >= 0.6 is 0 Å². The molecule has 0 aliphatic rings. The Kier molecular flexibility index (Phi) is 3.43. The van der Waals surface area contributed by atoms with Crippen molar-refractivity contribution in [3.8, 4) is 17.5 Å². The highest BCUT2D eigenvalue weighted by molar-refractivity contribution is 6.03. The van der Waals surface area contributed by atoms with Crippen molar-refractivity contribution in [3.63, 3.8) is 0 Å². The lowest BCUT2D eigenvalue weighted by molar-refractivity contribution is -0.111. The smallest absolute Gasteiger partial charge is 0.315 e. The van der Waals surface area contributed by atoms with Crippen molar-refractivity contribution in [1.29, 1.82) is 0 Å². The maximum atomic E-state index is 11.6. The zero-order valence-corrected chi connectivity index (χ0v) is 10.4. The Labute approximate surface area is 108 Å². The van der Waals surface area contributed by atoms with E-state index in [0.29, 0.717) is 11.4 Å². The van der Waals surface area contributed by atoms with Crippen LogP contribution in [0.3, 0.4) is 0 Å². The summed E-state index contributed by atoms with van der Waals surface area (Å²) in [7, 11) is 1.52. The van der Waals surface area contributed by atoms with Gasteiger partial charge in [0.2, 0.25) is 0 Å². The van der Waals surface area contributed by atoms with Gasteiger partial charge in [0.05, 0.1) is 5.69 Å². The second-order valence-corrected chi connectivity index (χ2v) is 3.67. The molecule has 1 N–H and O–H groups in total. The minimum Gasteiger partial charge on any atom is -0.315 e. The van der Waals surface area contributed by atoms with E-state index in [0.717, 1.165) is 9.36 Å². The third kappa shape index (κ3) is 2.69. The molecule has 1 amide bonds. The molecule has 0 atom stereocenters. The molecule has 0 fully saturated rings. The number of hydrogen-bond acceptors (Lipinski definition) is 4. The first-order chi connectivity index (χ1) is 9.11. The van der Waals surface area contributed by atoms with E-state index in [1.807, 2.05) is 0 Å². The number of amides is 1. The van der Waals surface area contributed by atoms with E-state index < -0.39 is 0 Å². The second kappa shape index (κ2) is 5.18. The van der Waals surface area contributed by atoms with Gasteiger partial charge in [-0.25, -0.2) is 4.79 Å². The van der Waals surface area contributed by atoms with Gasteiger partial charge in [0, 0.05) is 12.7 Å². The Morgan fingerprint density at radius 3 is 2.47 bits per heavy atom. The van der Waals surface area contributed by atoms with E-state index in [-0.39, 0.29) is 11.6 Å². The lowest BCUT2D eigenvalue weighted by Crippen LogP contribution is -2.21. The largest absolute Gasteiger partial charge is 0.368 e. The number of carbonyl (C=O) groups excluding carboxylic acids is 1. The van der Waals surface area contributed by atoms with Gasteiger partial charge < -0.3 is 5.32 Å². The predicted molar refractivity (Wildman–Crippen MR) is 68.7 cm³/mol. The van der Waals surface area contributed by atoms with Crippen LogP contribution in [-0.2, 0) is 11.8 Å². The fourth-order valence-corrected chi connectivity index (χ4v) is 1.44. The summed E-state index contributed by atoms with van der Waals surface area (Å²) >= 11 is 0. The summed E-state index contributed by atoms with van der Waals surface area (Å²) in [5.41, 5.74) is 0.819. The minimum absolute atomic E-state index is 0.339. The van der Waals surface area contributed by atoms with Crippen LogP contribution in [0.15, 0.2) is 29.1 Å². The first-order valence-corrected chi connectivity index (χ1v) is 5.45. The van der Waals surface area contributed by atoms with Crippen molar-refractivity contribution in [2.45, 2.75) is 6.92 Å². The van der Waals surface area contributed by atoms with Crippen LogP contribution in [0.2, 0.25) is 0 Å². The lowest BCUT2D eigenvalue weighted by atomic mass is 10.3. The normalized spacial score (nSPS) is 9.58. The molecule has 0 unspecified atom stereocenters. The molecule has 0 spiro atoms. The number of aryl methyl sites for hydroxylation is 1. The number of hydrogen-bond donors (Lipinski definition) is 1. The molecule has 0 saturated heterocycles. The van der Waals surface area contributed by atoms with E-state index >= 15 is 0 Å². The Morgan fingerprint density at radius 2 is 1.95 bits per heavy atom. The number of anilines is 1. The van der Waals surface area contributed by atoms with Crippen molar-refractivity contribution in [1.82, 2.24) is 19.8 Å². The number of benzene rings is 1. The van der Waals surface area contributed by atoms with Crippen LogP contribution < -0.4 is 11.0 Å². The monoisotopic (exact) mass is 257 g/mol. The Balaban J connectivity index is 2.23. The van der Waals surface area contributed by atoms with Crippen LogP contribution in [-0.4, -0.2) is 25.7 Å². The van der Waals surface area contributed by atoms with E-state index in [4.69, 9.17) is 0 Å². The third-order valence-electron chi connectivity index (χ3n) is 2.33. The SMILES string of the molecule is CC#CC(=O)Nc1ccc(-n2nnn(C)c2=O)cc1. The fraction of sp³-hybridized carbons (Fsp3) is 0.167. The zero-order valence-electron chi connectivity index (χ0n) is 10.4. The maximum Gasteiger partial charge on any atom is 0.368 e. The molecule has 1 heterocycles. The average molecular weight is 257 g/mol. The van der Waals surface area contributed by atoms with E-state index in [2.05, 4.69) is 27.6 Å². The first-order valence-electron chi connectivity index (χ1n) is 5.45. The summed E-state index contributed by atoms with van der Waals surface area (Å²) in [4.78, 5) is 22.9. The van der Waals surface area contributed by atoms with Crippen LogP contribution in [0.1, 0.15) is 6.92 Å². The second-order valence-electron chi connectivity index (χ2n) is 3.67. The van der Waals surface area contributed by atoms with Gasteiger partial charge >= 0.3 is 5.69 Å². The van der Waals surface area contributed by atoms with Gasteiger partial charge in [0.15, 0.2) is 0 Å². The fourth-order valence-electron chi connectivity index (χ4n) is 1.44. The van der Waals surface area contributed by atoms with Crippen molar-refractivity contribution in [2.75, 3.05) is 5.32 Å². The van der Waals surface area contributed by atoms with Crippen molar-refractivity contribution in [3.05, 3.63) is 34.7 Å². The standard InChI is InChI=1S/C12H11N5O2/c1-3-4-11(18)13-9-5-7-10(8-6-9)17-12(19)16(2)14-15-17/h5-8H,1-2H3,(H,13,18). The molecule has 0 bridgehead atoms. The van der Waals surface area contributed by atoms with E-state index in [1.165, 1.54) is 7.05 Å². The van der Waals surface area contributed by atoms with E-state index in [1.54, 1.807) is 31.2 Å². The molecule has 0 saturated carbocycles. The number of rotatable bonds is 2. The highest BCUT2D eigenvalue weighted by atomic mass is 16.2. The van der Waals surface area contributed by atoms with Gasteiger partial charge in [-0.15, -0.1) is 0 Å². The highest BCUT2D eigenvalue weighted by Gasteiger charge is 2.06. The molecular weight excluding hydrogens is 246 g/mol. The Bertz CT molecular complexity index is 715. The summed E-state index contributed by atoms with van der Waals surface area (Å²) in [6.07, 6.45) is 0. The van der Waals surface area contributed by atoms with Gasteiger partial charge in [-0.1, -0.05) is 5.92 Å². The van der Waals surface area contributed by atoms with E-state index in [9.17, 15) is 9.59 Å². The molecule has 0 aliphatic heterocycles. The molecule has 1 aromatic heterocycles. The van der Waals surface area contributed by atoms with Crippen LogP contribution in [0, 0.1) is 11.8 Å². The molecule has 19 heavy (non-hydrogen) atoms. The molecule has 0 radical (unpaired) electrons. The minimum atomic E-state index is -0.382. The molecule has 0 aliphatic carbocycles. The van der Waals surface area contributed by atoms with Gasteiger partial charge in [-0.2, -0.15) is 9.36 Å². The number of aromatic nitrogens is 4. The van der Waals surface area contributed by atoms with Gasteiger partial charge in [-0.3, -0.25) is 4.79 Å². The van der Waals surface area contributed by atoms with Crippen molar-refractivity contribution >= 4 is 11.6 Å². The maximum absolute atomic E-state index is 11.6. The highest BCUT2D eigenvalue weighted by Crippen LogP contribution is 2.10. The third-order valence-corrected chi connectivity index (χ3v) is 2.33. The molecule has 96 valence electrons. The molecule has 7 heteroatoms. The summed E-state index contributed by atoms with van der Waals surface area (Å²) < 4.78 is 2.30. The molecular formula is C12H11N5O2. The van der Waals surface area contributed by atoms with Gasteiger partial charge in [0.1, 0.15) is 0 Å². The molecule has 7 nitrogen and oxygen atoms in total. The lowest BCUT2D eigenvalue weighted by Gasteiger charge is -2.02. The number of carbonyl (C=O) groups is 1. The Hall–Kier alpha value is -2.88. The first kappa shape index (κ1) is 12.6. The van der Waals surface area contributed by atoms with Gasteiger partial charge in [0.25, 0.3) is 5.91 Å². The van der Waals surface area contributed by atoms with Gasteiger partial charge in [-0.05, 0) is 47.5 Å². The summed E-state index contributed by atoms with van der Waals surface area (Å²) in [5, 5.41) is 9.93. The van der Waals surface area contributed by atoms with Crippen LogP contribution in [0.4, 0.5) is 5.69 Å². The zero-order chi connectivity index (χ0) is 13.8. The average Bonchev–Trinajstić information content (AvgIpc) is 2.71. The predicted octanol–water partition coefficient (Wildman–Crippen LogP) is -0.0722. The van der Waals surface area contributed by atoms with Crippen molar-refractivity contribution < 1.29 is 4.79 Å². The summed E-state index contributed by atoms with van der Waals surface area (Å²) in [6, 6.07) is 6.63. The molecule has 2 aromatic rings. The summed E-state index contributed by atoms with van der Waals surface area (Å²) in [6.45, 7) is 1.59. The quantitative estimate of drug-likeness (QED) is 0.763. The molecule has 1 aromatic carbocycles. The number of nitrogens with zero attached hydrogens (tertiary/aromatic N) is 4. The van der Waals surface area contributed by atoms with Crippen LogP contribution in [0.25, 0.3) is 5.69 Å². The summed E-state index contributed by atoms with van der Waals surface area (Å²) in [5.74, 6) is 4.50. The van der Waals surface area contributed by atoms with Crippen molar-refractivity contribution in [2.24, 2.45) is 7.05 Å². The van der Waals surface area contributed by atoms with Crippen LogP contribution in [0.5, 0.6) is 0 Å². The number of tetrazole rings is 1. The Morgan fingerprint density at radius 1 is 1.26 bits per heavy atom. The topological polar surface area (TPSA) is 81.8 Å². The molecule has 2 rings (SSSR count). The number of nitrogens with one attached hydrogen (secondary N) is 1.